The lowest BCUT2D eigenvalue weighted by Crippen LogP contribution is -2.62. The number of carboxylic acids is 1. The van der Waals surface area contributed by atoms with Crippen LogP contribution >= 0.6 is 0 Å². The number of aromatic nitrogens is 1. The molecular weight excluding hydrogens is 326 g/mol. The van der Waals surface area contributed by atoms with Gasteiger partial charge in [0.15, 0.2) is 0 Å². The van der Waals surface area contributed by atoms with Crippen LogP contribution in [0.3, 0.4) is 0 Å². The van der Waals surface area contributed by atoms with Gasteiger partial charge in [0.2, 0.25) is 0 Å². The number of piperidine rings is 2. The van der Waals surface area contributed by atoms with Crippen LogP contribution < -0.4 is 5.32 Å². The van der Waals surface area contributed by atoms with E-state index in [0.717, 1.165) is 50.2 Å². The zero-order valence-electron chi connectivity index (χ0n) is 14.9. The summed E-state index contributed by atoms with van der Waals surface area (Å²) in [5, 5.41) is 13.3. The SMILES string of the molecule is O=C(O)[C@]12CCCN[C@@H]1CCN(Cc1ccc(-c3ccccn3)cc1)C2. The normalized spacial score (nSPS) is 26.2. The van der Waals surface area contributed by atoms with Gasteiger partial charge in [0.05, 0.1) is 11.1 Å². The highest BCUT2D eigenvalue weighted by Gasteiger charge is 2.50. The van der Waals surface area contributed by atoms with Crippen LogP contribution in [0.2, 0.25) is 0 Å². The number of pyridine rings is 1. The van der Waals surface area contributed by atoms with E-state index in [-0.39, 0.29) is 6.04 Å². The number of rotatable bonds is 4. The molecule has 2 atom stereocenters. The largest absolute Gasteiger partial charge is 0.481 e. The van der Waals surface area contributed by atoms with E-state index in [1.54, 1.807) is 6.20 Å². The zero-order chi connectivity index (χ0) is 18.0. The number of hydrogen-bond acceptors (Lipinski definition) is 4. The minimum absolute atomic E-state index is 0.108. The Bertz CT molecular complexity index is 763. The number of fused-ring (bicyclic) bond motifs is 1. The molecule has 0 amide bonds. The van der Waals surface area contributed by atoms with Gasteiger partial charge >= 0.3 is 5.97 Å². The van der Waals surface area contributed by atoms with Gasteiger partial charge < -0.3 is 10.4 Å². The highest BCUT2D eigenvalue weighted by Crippen LogP contribution is 2.38. The molecule has 2 saturated heterocycles. The zero-order valence-corrected chi connectivity index (χ0v) is 14.9. The molecule has 2 N–H and O–H groups in total. The summed E-state index contributed by atoms with van der Waals surface area (Å²) in [5.41, 5.74) is 2.65. The van der Waals surface area contributed by atoms with Crippen molar-refractivity contribution in [1.82, 2.24) is 15.2 Å². The number of nitrogens with one attached hydrogen (secondary N) is 1. The predicted molar refractivity (Wildman–Crippen MR) is 101 cm³/mol. The number of hydrogen-bond donors (Lipinski definition) is 2. The Labute approximate surface area is 154 Å². The second kappa shape index (κ2) is 7.17. The molecule has 2 aliphatic heterocycles. The van der Waals surface area contributed by atoms with Crippen LogP contribution in [0, 0.1) is 5.41 Å². The second-order valence-corrected chi connectivity index (χ2v) is 7.48. The molecule has 5 heteroatoms. The topological polar surface area (TPSA) is 65.5 Å². The maximum atomic E-state index is 12.0. The van der Waals surface area contributed by atoms with Crippen LogP contribution in [0.5, 0.6) is 0 Å². The van der Waals surface area contributed by atoms with E-state index in [4.69, 9.17) is 0 Å². The molecule has 2 aromatic rings. The Kier molecular flexibility index (Phi) is 4.74. The van der Waals surface area contributed by atoms with E-state index in [0.29, 0.717) is 6.54 Å². The van der Waals surface area contributed by atoms with Gasteiger partial charge in [-0.3, -0.25) is 14.7 Å². The Morgan fingerprint density at radius 1 is 1.27 bits per heavy atom. The van der Waals surface area contributed by atoms with E-state index in [2.05, 4.69) is 39.5 Å². The fraction of sp³-hybridized carbons (Fsp3) is 0.429. The minimum atomic E-state index is -0.648. The maximum Gasteiger partial charge on any atom is 0.312 e. The molecule has 4 rings (SSSR count). The Hall–Kier alpha value is -2.24. The van der Waals surface area contributed by atoms with Crippen LogP contribution in [0.15, 0.2) is 48.7 Å². The van der Waals surface area contributed by atoms with Crippen molar-refractivity contribution in [3.05, 3.63) is 54.2 Å². The van der Waals surface area contributed by atoms with Crippen molar-refractivity contribution in [2.24, 2.45) is 5.41 Å². The Morgan fingerprint density at radius 2 is 2.12 bits per heavy atom. The molecule has 2 aliphatic rings. The van der Waals surface area contributed by atoms with Gasteiger partial charge in [-0.2, -0.15) is 0 Å². The van der Waals surface area contributed by atoms with Gasteiger partial charge in [0.25, 0.3) is 0 Å². The molecule has 0 unspecified atom stereocenters. The molecular formula is C21H25N3O2. The first-order valence-electron chi connectivity index (χ1n) is 9.37. The van der Waals surface area contributed by atoms with Crippen LogP contribution in [0.25, 0.3) is 11.3 Å². The molecule has 3 heterocycles. The third-order valence-electron chi connectivity index (χ3n) is 5.84. The fourth-order valence-corrected chi connectivity index (χ4v) is 4.44. The number of nitrogens with zero attached hydrogens (tertiary/aromatic N) is 2. The van der Waals surface area contributed by atoms with Gasteiger partial charge in [-0.1, -0.05) is 30.3 Å². The van der Waals surface area contributed by atoms with Crippen LogP contribution in [0.1, 0.15) is 24.8 Å². The molecule has 1 aromatic carbocycles. The molecule has 5 nitrogen and oxygen atoms in total. The quantitative estimate of drug-likeness (QED) is 0.887. The summed E-state index contributed by atoms with van der Waals surface area (Å²) >= 11 is 0. The van der Waals surface area contributed by atoms with Crippen molar-refractivity contribution < 1.29 is 9.90 Å². The molecule has 0 radical (unpaired) electrons. The summed E-state index contributed by atoms with van der Waals surface area (Å²) in [5.74, 6) is -0.648. The average Bonchev–Trinajstić information content (AvgIpc) is 2.69. The monoisotopic (exact) mass is 351 g/mol. The van der Waals surface area contributed by atoms with Crippen molar-refractivity contribution in [3.63, 3.8) is 0 Å². The molecule has 0 spiro atoms. The minimum Gasteiger partial charge on any atom is -0.481 e. The van der Waals surface area contributed by atoms with Gasteiger partial charge in [0, 0.05) is 37.4 Å². The lowest BCUT2D eigenvalue weighted by Gasteiger charge is -2.48. The molecule has 1 aromatic heterocycles. The summed E-state index contributed by atoms with van der Waals surface area (Å²) in [6, 6.07) is 14.5. The second-order valence-electron chi connectivity index (χ2n) is 7.48. The van der Waals surface area contributed by atoms with Crippen LogP contribution in [-0.4, -0.2) is 46.6 Å². The lowest BCUT2D eigenvalue weighted by molar-refractivity contribution is -0.157. The Morgan fingerprint density at radius 3 is 2.85 bits per heavy atom. The lowest BCUT2D eigenvalue weighted by atomic mass is 9.70. The van der Waals surface area contributed by atoms with Crippen molar-refractivity contribution in [2.75, 3.05) is 19.6 Å². The van der Waals surface area contributed by atoms with Crippen molar-refractivity contribution in [1.29, 1.82) is 0 Å². The maximum absolute atomic E-state index is 12.0. The number of benzene rings is 1. The van der Waals surface area contributed by atoms with E-state index in [9.17, 15) is 9.90 Å². The summed E-state index contributed by atoms with van der Waals surface area (Å²) < 4.78 is 0. The first kappa shape index (κ1) is 17.2. The molecule has 0 saturated carbocycles. The standard InChI is InChI=1S/C21H25N3O2/c25-20(26)21-10-3-12-23-19(21)9-13-24(15-21)14-16-5-7-17(8-6-16)18-4-1-2-11-22-18/h1-2,4-8,11,19,23H,3,9-10,12-15H2,(H,25,26)/t19-,21+/m1/s1. The highest BCUT2D eigenvalue weighted by atomic mass is 16.4. The summed E-state index contributed by atoms with van der Waals surface area (Å²) in [4.78, 5) is 18.7. The highest BCUT2D eigenvalue weighted by molar-refractivity contribution is 5.76. The molecule has 0 aliphatic carbocycles. The third kappa shape index (κ3) is 3.24. The number of aliphatic carboxylic acids is 1. The number of carboxylic acid groups (broad SMARTS) is 1. The van der Waals surface area contributed by atoms with E-state index in [1.807, 2.05) is 18.2 Å². The Balaban J connectivity index is 1.46. The molecule has 2 fully saturated rings. The van der Waals surface area contributed by atoms with E-state index in [1.165, 1.54) is 5.56 Å². The molecule has 136 valence electrons. The molecule has 26 heavy (non-hydrogen) atoms. The summed E-state index contributed by atoms with van der Waals surface area (Å²) in [6.45, 7) is 3.30. The van der Waals surface area contributed by atoms with Crippen molar-refractivity contribution in [2.45, 2.75) is 31.8 Å². The van der Waals surface area contributed by atoms with Gasteiger partial charge in [-0.05, 0) is 43.5 Å². The van der Waals surface area contributed by atoms with Gasteiger partial charge in [0.1, 0.15) is 0 Å². The predicted octanol–water partition coefficient (Wildman–Crippen LogP) is 2.78. The summed E-state index contributed by atoms with van der Waals surface area (Å²) in [7, 11) is 0. The van der Waals surface area contributed by atoms with E-state index >= 15 is 0 Å². The third-order valence-corrected chi connectivity index (χ3v) is 5.84. The van der Waals surface area contributed by atoms with Crippen LogP contribution in [0.4, 0.5) is 0 Å². The smallest absolute Gasteiger partial charge is 0.312 e. The van der Waals surface area contributed by atoms with E-state index < -0.39 is 11.4 Å². The van der Waals surface area contributed by atoms with Crippen molar-refractivity contribution in [3.8, 4) is 11.3 Å². The number of likely N-dealkylation sites (tertiary alicyclic amines) is 1. The first-order valence-corrected chi connectivity index (χ1v) is 9.37. The van der Waals surface area contributed by atoms with Gasteiger partial charge in [-0.15, -0.1) is 0 Å². The first-order chi connectivity index (χ1) is 12.7. The fourth-order valence-electron chi connectivity index (χ4n) is 4.44. The van der Waals surface area contributed by atoms with Gasteiger partial charge in [-0.25, -0.2) is 0 Å². The van der Waals surface area contributed by atoms with Crippen LogP contribution in [-0.2, 0) is 11.3 Å². The number of carbonyl (C=O) groups is 1. The average molecular weight is 351 g/mol. The molecule has 0 bridgehead atoms. The van der Waals surface area contributed by atoms with Crippen molar-refractivity contribution >= 4 is 5.97 Å². The summed E-state index contributed by atoms with van der Waals surface area (Å²) in [6.07, 6.45) is 4.42.